The van der Waals surface area contributed by atoms with E-state index in [0.29, 0.717) is 17.0 Å². The Morgan fingerprint density at radius 3 is 2.26 bits per heavy atom. The number of aryl methyl sites for hydroxylation is 1. The standard InChI is InChI=1S/C28H24N2O3S/c1-19-14-15-23-26(16-19)30(25-13-7-12-24(27(23)25)28(29)31)17-20-8-5-6-9-21(20)18-34(32,33)22-10-3-2-4-11-22/h2-16H,17-18H2,1H3,(H2,29,31). The second-order valence-electron chi connectivity index (χ2n) is 8.51. The number of amides is 1. The minimum Gasteiger partial charge on any atom is -0.366 e. The van der Waals surface area contributed by atoms with Gasteiger partial charge in [-0.2, -0.15) is 0 Å². The van der Waals surface area contributed by atoms with Gasteiger partial charge >= 0.3 is 0 Å². The third-order valence-corrected chi connectivity index (χ3v) is 7.89. The summed E-state index contributed by atoms with van der Waals surface area (Å²) in [5.41, 5.74) is 10.8. The van der Waals surface area contributed by atoms with Crippen LogP contribution in [0.4, 0.5) is 0 Å². The Labute approximate surface area is 198 Å². The van der Waals surface area contributed by atoms with E-state index in [9.17, 15) is 13.2 Å². The third kappa shape index (κ3) is 3.86. The molecule has 5 nitrogen and oxygen atoms in total. The molecule has 0 aliphatic heterocycles. The molecule has 1 amide bonds. The lowest BCUT2D eigenvalue weighted by atomic mass is 10.1. The van der Waals surface area contributed by atoms with Crippen LogP contribution in [0, 0.1) is 6.92 Å². The first kappa shape index (κ1) is 21.9. The number of nitrogens with two attached hydrogens (primary N) is 1. The summed E-state index contributed by atoms with van der Waals surface area (Å²) in [5, 5.41) is 1.77. The summed E-state index contributed by atoms with van der Waals surface area (Å²) in [6.45, 7) is 2.49. The topological polar surface area (TPSA) is 82.2 Å². The average molecular weight is 469 g/mol. The van der Waals surface area contributed by atoms with E-state index in [2.05, 4.69) is 10.6 Å². The number of carbonyl (C=O) groups is 1. The fourth-order valence-electron chi connectivity index (χ4n) is 4.57. The first-order valence-corrected chi connectivity index (χ1v) is 12.7. The lowest BCUT2D eigenvalue weighted by Gasteiger charge is -2.13. The van der Waals surface area contributed by atoms with Gasteiger partial charge in [0.15, 0.2) is 9.84 Å². The van der Waals surface area contributed by atoms with Gasteiger partial charge in [0, 0.05) is 28.4 Å². The third-order valence-electron chi connectivity index (χ3n) is 6.21. The van der Waals surface area contributed by atoms with Crippen molar-refractivity contribution in [3.8, 4) is 0 Å². The molecule has 5 aromatic rings. The number of carbonyl (C=O) groups excluding carboxylic acids is 1. The quantitative estimate of drug-likeness (QED) is 0.371. The number of sulfone groups is 1. The zero-order valence-electron chi connectivity index (χ0n) is 18.7. The molecule has 6 heteroatoms. The zero-order valence-corrected chi connectivity index (χ0v) is 19.5. The number of primary amides is 1. The molecule has 0 saturated carbocycles. The van der Waals surface area contributed by atoms with Gasteiger partial charge in [-0.15, -0.1) is 0 Å². The van der Waals surface area contributed by atoms with Crippen molar-refractivity contribution in [3.05, 3.63) is 113 Å². The van der Waals surface area contributed by atoms with Gasteiger partial charge < -0.3 is 10.3 Å². The Kier molecular flexibility index (Phi) is 5.46. The smallest absolute Gasteiger partial charge is 0.249 e. The molecule has 0 atom stereocenters. The Morgan fingerprint density at radius 1 is 0.824 bits per heavy atom. The SMILES string of the molecule is Cc1ccc2c3c(C(N)=O)cccc3n(Cc3ccccc3CS(=O)(=O)c3ccccc3)c2c1. The van der Waals surface area contributed by atoms with Crippen molar-refractivity contribution >= 4 is 37.6 Å². The van der Waals surface area contributed by atoms with Crippen LogP contribution in [0.2, 0.25) is 0 Å². The maximum Gasteiger partial charge on any atom is 0.249 e. The first-order valence-electron chi connectivity index (χ1n) is 11.0. The van der Waals surface area contributed by atoms with Crippen molar-refractivity contribution in [3.63, 3.8) is 0 Å². The van der Waals surface area contributed by atoms with Crippen molar-refractivity contribution in [2.75, 3.05) is 0 Å². The van der Waals surface area contributed by atoms with Crippen LogP contribution in [-0.2, 0) is 22.1 Å². The lowest BCUT2D eigenvalue weighted by Crippen LogP contribution is -2.11. The molecule has 0 spiro atoms. The number of hydrogen-bond donors (Lipinski definition) is 1. The summed E-state index contributed by atoms with van der Waals surface area (Å²) in [6.07, 6.45) is 0. The van der Waals surface area contributed by atoms with Crippen molar-refractivity contribution in [2.45, 2.75) is 24.1 Å². The maximum atomic E-state index is 13.1. The molecule has 170 valence electrons. The molecule has 2 N–H and O–H groups in total. The predicted octanol–water partition coefficient (Wildman–Crippen LogP) is 5.22. The summed E-state index contributed by atoms with van der Waals surface area (Å²) in [5.74, 6) is -0.560. The van der Waals surface area contributed by atoms with Crippen LogP contribution in [0.1, 0.15) is 27.0 Å². The lowest BCUT2D eigenvalue weighted by molar-refractivity contribution is 0.100. The van der Waals surface area contributed by atoms with E-state index in [4.69, 9.17) is 5.73 Å². The van der Waals surface area contributed by atoms with Gasteiger partial charge in [-0.05, 0) is 53.9 Å². The van der Waals surface area contributed by atoms with E-state index in [-0.39, 0.29) is 5.75 Å². The number of aromatic nitrogens is 1. The van der Waals surface area contributed by atoms with Crippen molar-refractivity contribution < 1.29 is 13.2 Å². The summed E-state index contributed by atoms with van der Waals surface area (Å²) >= 11 is 0. The van der Waals surface area contributed by atoms with Crippen molar-refractivity contribution in [1.29, 1.82) is 0 Å². The maximum absolute atomic E-state index is 13.1. The van der Waals surface area contributed by atoms with Crippen LogP contribution in [0.3, 0.4) is 0 Å². The Bertz CT molecular complexity index is 1650. The van der Waals surface area contributed by atoms with E-state index in [0.717, 1.165) is 38.5 Å². The van der Waals surface area contributed by atoms with Crippen LogP contribution in [0.15, 0.2) is 95.9 Å². The van der Waals surface area contributed by atoms with E-state index in [1.165, 1.54) is 0 Å². The average Bonchev–Trinajstić information content (AvgIpc) is 3.13. The van der Waals surface area contributed by atoms with Crippen LogP contribution < -0.4 is 5.73 Å². The van der Waals surface area contributed by atoms with Crippen molar-refractivity contribution in [2.24, 2.45) is 5.73 Å². The summed E-state index contributed by atoms with van der Waals surface area (Å²) in [6, 6.07) is 27.8. The number of fused-ring (bicyclic) bond motifs is 3. The number of nitrogens with zero attached hydrogens (tertiary/aromatic N) is 1. The van der Waals surface area contributed by atoms with Gasteiger partial charge in [0.25, 0.3) is 0 Å². The van der Waals surface area contributed by atoms with Crippen molar-refractivity contribution in [1.82, 2.24) is 4.57 Å². The molecule has 0 aliphatic carbocycles. The van der Waals surface area contributed by atoms with E-state index >= 15 is 0 Å². The Hall–Kier alpha value is -3.90. The molecule has 0 fully saturated rings. The molecule has 0 radical (unpaired) electrons. The van der Waals surface area contributed by atoms with Crippen LogP contribution in [-0.4, -0.2) is 18.9 Å². The molecule has 0 aliphatic rings. The van der Waals surface area contributed by atoms with Gasteiger partial charge in [-0.3, -0.25) is 4.79 Å². The first-order chi connectivity index (χ1) is 16.3. The number of rotatable bonds is 6. The predicted molar refractivity (Wildman–Crippen MR) is 136 cm³/mol. The van der Waals surface area contributed by atoms with E-state index < -0.39 is 15.7 Å². The highest BCUT2D eigenvalue weighted by Crippen LogP contribution is 2.33. The number of hydrogen-bond acceptors (Lipinski definition) is 3. The molecule has 0 saturated heterocycles. The van der Waals surface area contributed by atoms with Gasteiger partial charge in [0.1, 0.15) is 0 Å². The fraction of sp³-hybridized carbons (Fsp3) is 0.107. The van der Waals surface area contributed by atoms with Crippen LogP contribution >= 0.6 is 0 Å². The highest BCUT2D eigenvalue weighted by Gasteiger charge is 2.20. The molecule has 0 bridgehead atoms. The normalized spacial score (nSPS) is 11.8. The highest BCUT2D eigenvalue weighted by molar-refractivity contribution is 7.90. The Morgan fingerprint density at radius 2 is 1.53 bits per heavy atom. The second kappa shape index (κ2) is 8.47. The van der Waals surface area contributed by atoms with E-state index in [1.54, 1.807) is 36.4 Å². The monoisotopic (exact) mass is 468 g/mol. The van der Waals surface area contributed by atoms with Crippen LogP contribution in [0.5, 0.6) is 0 Å². The van der Waals surface area contributed by atoms with E-state index in [1.807, 2.05) is 55.5 Å². The molecule has 1 heterocycles. The minimum absolute atomic E-state index is 0.0874. The van der Waals surface area contributed by atoms with Gasteiger partial charge in [-0.1, -0.05) is 60.7 Å². The summed E-state index contributed by atoms with van der Waals surface area (Å²) in [4.78, 5) is 12.5. The molecule has 0 unspecified atom stereocenters. The summed E-state index contributed by atoms with van der Waals surface area (Å²) in [7, 11) is -3.49. The summed E-state index contributed by atoms with van der Waals surface area (Å²) < 4.78 is 28.3. The molecular formula is C28H24N2O3S. The number of benzene rings is 4. The largest absolute Gasteiger partial charge is 0.366 e. The fourth-order valence-corrected chi connectivity index (χ4v) is 6.00. The second-order valence-corrected chi connectivity index (χ2v) is 10.5. The molecular weight excluding hydrogens is 444 g/mol. The zero-order chi connectivity index (χ0) is 23.9. The highest BCUT2D eigenvalue weighted by atomic mass is 32.2. The van der Waals surface area contributed by atoms with Gasteiger partial charge in [0.05, 0.1) is 16.2 Å². The Balaban J connectivity index is 1.66. The minimum atomic E-state index is -3.49. The molecule has 4 aromatic carbocycles. The van der Waals surface area contributed by atoms with Gasteiger partial charge in [0.2, 0.25) is 5.91 Å². The molecule has 34 heavy (non-hydrogen) atoms. The molecule has 1 aromatic heterocycles. The van der Waals surface area contributed by atoms with Gasteiger partial charge in [-0.25, -0.2) is 8.42 Å². The van der Waals surface area contributed by atoms with Crippen LogP contribution in [0.25, 0.3) is 21.8 Å². The molecule has 5 rings (SSSR count).